The van der Waals surface area contributed by atoms with Crippen molar-refractivity contribution in [3.8, 4) is 22.3 Å². The van der Waals surface area contributed by atoms with Crippen LogP contribution in [0.15, 0.2) is 109 Å². The number of aromatic nitrogens is 2. The van der Waals surface area contributed by atoms with Crippen LogP contribution in [0.1, 0.15) is 22.3 Å². The van der Waals surface area contributed by atoms with E-state index in [1.165, 1.54) is 99.2 Å². The highest BCUT2D eigenvalue weighted by Crippen LogP contribution is 2.49. The van der Waals surface area contributed by atoms with Gasteiger partial charge in [-0.25, -0.2) is 0 Å². The lowest BCUT2D eigenvalue weighted by Gasteiger charge is -2.12. The first kappa shape index (κ1) is 19.9. The van der Waals surface area contributed by atoms with E-state index in [0.717, 1.165) is 12.8 Å². The van der Waals surface area contributed by atoms with E-state index in [1.54, 1.807) is 0 Å². The lowest BCUT2D eigenvalue weighted by Crippen LogP contribution is -1.97. The molecule has 3 heterocycles. The second-order valence-electron chi connectivity index (χ2n) is 11.7. The van der Waals surface area contributed by atoms with Gasteiger partial charge in [0, 0.05) is 27.1 Å². The normalized spacial score (nSPS) is 13.8. The highest BCUT2D eigenvalue weighted by Gasteiger charge is 2.29. The number of rotatable bonds is 0. The molecule has 0 radical (unpaired) electrons. The van der Waals surface area contributed by atoms with Gasteiger partial charge in [0.1, 0.15) is 0 Å². The molecule has 0 saturated carbocycles. The second kappa shape index (κ2) is 6.55. The van der Waals surface area contributed by atoms with Gasteiger partial charge in [0.05, 0.1) is 33.1 Å². The molecule has 2 nitrogen and oxygen atoms in total. The standard InChI is InChI=1S/C38H22N2/c1-3-9-25-21(7-1)19-23-16-18-30-35(33(23)25)29-12-6-14-32-37(29)39(30)31-13-5-11-27-28-17-15-24-20-22-8-2-4-10-26(22)34(24)38(28)40(32)36(27)31/h1-18H,19-20H2. The van der Waals surface area contributed by atoms with Crippen molar-refractivity contribution in [2.24, 2.45) is 0 Å². The Morgan fingerprint density at radius 2 is 0.975 bits per heavy atom. The van der Waals surface area contributed by atoms with Crippen LogP contribution >= 0.6 is 0 Å². The second-order valence-corrected chi connectivity index (χ2v) is 11.7. The van der Waals surface area contributed by atoms with Gasteiger partial charge in [-0.05, 0) is 70.0 Å². The Labute approximate surface area is 229 Å². The average molecular weight is 507 g/mol. The van der Waals surface area contributed by atoms with Crippen molar-refractivity contribution >= 4 is 54.6 Å². The van der Waals surface area contributed by atoms with Crippen LogP contribution in [0.3, 0.4) is 0 Å². The van der Waals surface area contributed by atoms with E-state index < -0.39 is 0 Å². The summed E-state index contributed by atoms with van der Waals surface area (Å²) in [4.78, 5) is 0. The third kappa shape index (κ3) is 2.08. The van der Waals surface area contributed by atoms with Gasteiger partial charge < -0.3 is 8.80 Å². The van der Waals surface area contributed by atoms with Crippen molar-refractivity contribution in [1.29, 1.82) is 0 Å². The van der Waals surface area contributed by atoms with Crippen LogP contribution in [-0.2, 0) is 12.8 Å². The molecule has 2 aliphatic rings. The molecule has 2 heteroatoms. The lowest BCUT2D eigenvalue weighted by atomic mass is 9.99. The fraction of sp³-hybridized carbons (Fsp3) is 0.0526. The van der Waals surface area contributed by atoms with Gasteiger partial charge >= 0.3 is 0 Å². The van der Waals surface area contributed by atoms with Crippen LogP contribution in [0, 0.1) is 0 Å². The van der Waals surface area contributed by atoms with Gasteiger partial charge in [0.25, 0.3) is 0 Å². The summed E-state index contributed by atoms with van der Waals surface area (Å²) in [5, 5.41) is 5.41. The molecule has 0 aliphatic heterocycles. The zero-order valence-electron chi connectivity index (χ0n) is 21.7. The van der Waals surface area contributed by atoms with E-state index in [1.807, 2.05) is 0 Å². The van der Waals surface area contributed by atoms with E-state index in [-0.39, 0.29) is 0 Å². The molecular weight excluding hydrogens is 484 g/mol. The number of benzene rings is 6. The highest BCUT2D eigenvalue weighted by atomic mass is 15.0. The Morgan fingerprint density at radius 1 is 0.375 bits per heavy atom. The Bertz CT molecular complexity index is 2590. The number of para-hydroxylation sites is 2. The van der Waals surface area contributed by atoms with Crippen LogP contribution in [0.5, 0.6) is 0 Å². The summed E-state index contributed by atoms with van der Waals surface area (Å²) >= 11 is 0. The largest absolute Gasteiger partial charge is 0.305 e. The average Bonchev–Trinajstić information content (AvgIpc) is 3.74. The molecule has 6 aromatic carbocycles. The number of fused-ring (bicyclic) bond motifs is 16. The summed E-state index contributed by atoms with van der Waals surface area (Å²) in [6.07, 6.45) is 2.02. The summed E-state index contributed by atoms with van der Waals surface area (Å²) in [5.74, 6) is 0. The summed E-state index contributed by atoms with van der Waals surface area (Å²) in [6, 6.07) is 41.2. The Balaban J connectivity index is 1.44. The van der Waals surface area contributed by atoms with E-state index in [2.05, 4.69) is 118 Å². The van der Waals surface area contributed by atoms with E-state index >= 15 is 0 Å². The number of nitrogens with zero attached hydrogens (tertiary/aromatic N) is 2. The maximum Gasteiger partial charge on any atom is 0.0783 e. The maximum atomic E-state index is 2.59. The predicted octanol–water partition coefficient (Wildman–Crippen LogP) is 9.38. The Morgan fingerprint density at radius 3 is 1.77 bits per heavy atom. The molecule has 11 rings (SSSR count). The monoisotopic (exact) mass is 506 g/mol. The molecule has 0 atom stereocenters. The van der Waals surface area contributed by atoms with Gasteiger partial charge in [-0.1, -0.05) is 91.0 Å². The van der Waals surface area contributed by atoms with Crippen molar-refractivity contribution in [2.75, 3.05) is 0 Å². The van der Waals surface area contributed by atoms with Crippen molar-refractivity contribution in [2.45, 2.75) is 12.8 Å². The van der Waals surface area contributed by atoms with Crippen molar-refractivity contribution in [3.63, 3.8) is 0 Å². The molecule has 3 aromatic heterocycles. The zero-order valence-corrected chi connectivity index (χ0v) is 21.7. The van der Waals surface area contributed by atoms with Crippen LogP contribution in [0.25, 0.3) is 76.9 Å². The topological polar surface area (TPSA) is 8.82 Å². The van der Waals surface area contributed by atoms with Crippen LogP contribution in [0.2, 0.25) is 0 Å². The first-order valence-corrected chi connectivity index (χ1v) is 14.2. The summed E-state index contributed by atoms with van der Waals surface area (Å²) < 4.78 is 5.15. The zero-order chi connectivity index (χ0) is 25.7. The fourth-order valence-electron chi connectivity index (χ4n) is 8.36. The SMILES string of the molecule is c1ccc2c(c1)Cc1ccc3c(c1-2)c1cccc2c1n3c1cccc3c4ccc5c(c4n2c31)-c1ccccc1C5. The van der Waals surface area contributed by atoms with E-state index in [0.29, 0.717) is 0 Å². The molecule has 184 valence electrons. The summed E-state index contributed by atoms with van der Waals surface area (Å²) in [6.45, 7) is 0. The van der Waals surface area contributed by atoms with Gasteiger partial charge in [0.15, 0.2) is 0 Å². The van der Waals surface area contributed by atoms with Gasteiger partial charge in [0.2, 0.25) is 0 Å². The molecule has 2 aliphatic carbocycles. The third-order valence-electron chi connectivity index (χ3n) is 9.85. The first-order chi connectivity index (χ1) is 19.9. The van der Waals surface area contributed by atoms with Crippen molar-refractivity contribution in [1.82, 2.24) is 8.80 Å². The predicted molar refractivity (Wildman–Crippen MR) is 166 cm³/mol. The maximum absolute atomic E-state index is 2.59. The molecule has 9 aromatic rings. The van der Waals surface area contributed by atoms with Crippen LogP contribution in [0.4, 0.5) is 0 Å². The van der Waals surface area contributed by atoms with E-state index in [4.69, 9.17) is 0 Å². The molecule has 0 spiro atoms. The summed E-state index contributed by atoms with van der Waals surface area (Å²) in [5.41, 5.74) is 19.2. The van der Waals surface area contributed by atoms with Gasteiger partial charge in [-0.2, -0.15) is 0 Å². The quantitative estimate of drug-likeness (QED) is 0.181. The molecule has 0 saturated heterocycles. The Kier molecular flexibility index (Phi) is 3.26. The van der Waals surface area contributed by atoms with E-state index in [9.17, 15) is 0 Å². The smallest absolute Gasteiger partial charge is 0.0783 e. The Hall–Kier alpha value is -5.08. The summed E-state index contributed by atoms with van der Waals surface area (Å²) in [7, 11) is 0. The minimum absolute atomic E-state index is 1.01. The highest BCUT2D eigenvalue weighted by molar-refractivity contribution is 6.25. The van der Waals surface area contributed by atoms with Crippen molar-refractivity contribution < 1.29 is 0 Å². The van der Waals surface area contributed by atoms with Crippen molar-refractivity contribution in [3.05, 3.63) is 131 Å². The van der Waals surface area contributed by atoms with Gasteiger partial charge in [-0.3, -0.25) is 0 Å². The molecule has 0 bridgehead atoms. The van der Waals surface area contributed by atoms with Crippen LogP contribution < -0.4 is 0 Å². The van der Waals surface area contributed by atoms with Crippen LogP contribution in [-0.4, -0.2) is 8.80 Å². The molecule has 0 N–H and O–H groups in total. The minimum Gasteiger partial charge on any atom is -0.305 e. The number of hydrogen-bond acceptors (Lipinski definition) is 0. The molecular formula is C38H22N2. The molecule has 40 heavy (non-hydrogen) atoms. The lowest BCUT2D eigenvalue weighted by molar-refractivity contribution is 1.24. The minimum atomic E-state index is 1.01. The third-order valence-corrected chi connectivity index (χ3v) is 9.85. The van der Waals surface area contributed by atoms with Gasteiger partial charge in [-0.15, -0.1) is 0 Å². The first-order valence-electron chi connectivity index (χ1n) is 14.2. The molecule has 0 fully saturated rings. The number of hydrogen-bond donors (Lipinski definition) is 0. The molecule has 0 unspecified atom stereocenters. The fourth-order valence-corrected chi connectivity index (χ4v) is 8.36. The molecule has 0 amide bonds.